The second-order valence-electron chi connectivity index (χ2n) is 1.95. The molecule has 2 heterocycles. The van der Waals surface area contributed by atoms with E-state index in [2.05, 4.69) is 16.5 Å². The molecule has 3 nitrogen and oxygen atoms in total. The summed E-state index contributed by atoms with van der Waals surface area (Å²) in [5.41, 5.74) is 0.935. The van der Waals surface area contributed by atoms with E-state index in [1.807, 2.05) is 23.5 Å². The molecule has 1 N–H and O–H groups in total. The highest BCUT2D eigenvalue weighted by molar-refractivity contribution is 5.79. The third kappa shape index (κ3) is 0.719. The van der Waals surface area contributed by atoms with E-state index >= 15 is 0 Å². The van der Waals surface area contributed by atoms with Crippen molar-refractivity contribution < 1.29 is 0 Å². The van der Waals surface area contributed by atoms with Gasteiger partial charge in [0.05, 0.1) is 18.1 Å². The number of hydrogen-bond donors (Lipinski definition) is 1. The molecule has 3 heteroatoms. The van der Waals surface area contributed by atoms with Gasteiger partial charge in [-0.3, -0.25) is 4.99 Å². The standard InChI is InChI=1S/C7H6N3/c1-3-10-4-2-9-6-7(10)5-8-1/h1-5,9H. The number of aliphatic imine (C=N–C) groups is 1. The lowest BCUT2D eigenvalue weighted by atomic mass is 10.4. The van der Waals surface area contributed by atoms with Crippen molar-refractivity contribution in [2.24, 2.45) is 4.99 Å². The molecule has 0 unspecified atom stereocenters. The predicted octanol–water partition coefficient (Wildman–Crippen LogP) is 0.563. The molecule has 0 amide bonds. The van der Waals surface area contributed by atoms with Gasteiger partial charge in [-0.15, -0.1) is 0 Å². The highest BCUT2D eigenvalue weighted by Gasteiger charge is 2.05. The molecule has 2 aliphatic heterocycles. The average Bonchev–Trinajstić information content (AvgIpc) is 2.05. The van der Waals surface area contributed by atoms with Gasteiger partial charge in [0.15, 0.2) is 0 Å². The van der Waals surface area contributed by atoms with E-state index in [4.69, 9.17) is 0 Å². The van der Waals surface area contributed by atoms with Gasteiger partial charge in [-0.1, -0.05) is 0 Å². The van der Waals surface area contributed by atoms with Crippen LogP contribution >= 0.6 is 0 Å². The normalized spacial score (nSPS) is 20.0. The molecule has 0 aromatic carbocycles. The molecule has 2 aliphatic rings. The van der Waals surface area contributed by atoms with Crippen LogP contribution in [0.15, 0.2) is 35.5 Å². The molecule has 10 heavy (non-hydrogen) atoms. The van der Waals surface area contributed by atoms with Gasteiger partial charge in [-0.05, 0) is 0 Å². The van der Waals surface area contributed by atoms with Crippen LogP contribution < -0.4 is 5.32 Å². The van der Waals surface area contributed by atoms with E-state index in [-0.39, 0.29) is 0 Å². The number of nitrogens with one attached hydrogen (secondary N) is 1. The number of allylic oxidation sites excluding steroid dienone is 1. The molecule has 0 spiro atoms. The van der Waals surface area contributed by atoms with Gasteiger partial charge < -0.3 is 10.2 Å². The van der Waals surface area contributed by atoms with Crippen LogP contribution in [0.25, 0.3) is 0 Å². The Bertz CT molecular complexity index is 248. The van der Waals surface area contributed by atoms with Gasteiger partial charge in [0.2, 0.25) is 0 Å². The summed E-state index contributed by atoms with van der Waals surface area (Å²) in [6.07, 6.45) is 12.0. The largest absolute Gasteiger partial charge is 0.357 e. The van der Waals surface area contributed by atoms with Crippen LogP contribution in [0.4, 0.5) is 0 Å². The maximum atomic E-state index is 3.94. The Morgan fingerprint density at radius 1 is 1.50 bits per heavy atom. The van der Waals surface area contributed by atoms with E-state index in [9.17, 15) is 0 Å². The van der Waals surface area contributed by atoms with Crippen LogP contribution in [0.2, 0.25) is 0 Å². The van der Waals surface area contributed by atoms with Crippen molar-refractivity contribution in [3.05, 3.63) is 36.7 Å². The summed E-state index contributed by atoms with van der Waals surface area (Å²) in [7, 11) is 0. The van der Waals surface area contributed by atoms with Gasteiger partial charge in [0.25, 0.3) is 0 Å². The van der Waals surface area contributed by atoms with Crippen molar-refractivity contribution in [1.29, 1.82) is 0 Å². The molecule has 49 valence electrons. The monoisotopic (exact) mass is 132 g/mol. The van der Waals surface area contributed by atoms with E-state index in [0.29, 0.717) is 0 Å². The van der Waals surface area contributed by atoms with E-state index in [1.54, 1.807) is 12.4 Å². The summed E-state index contributed by atoms with van der Waals surface area (Å²) in [5.74, 6) is 0. The fourth-order valence-corrected chi connectivity index (χ4v) is 0.831. The van der Waals surface area contributed by atoms with Crippen molar-refractivity contribution in [2.75, 3.05) is 0 Å². The Hall–Kier alpha value is -1.51. The van der Waals surface area contributed by atoms with E-state index < -0.39 is 0 Å². The average molecular weight is 132 g/mol. The van der Waals surface area contributed by atoms with Crippen molar-refractivity contribution in [2.45, 2.75) is 0 Å². The molecule has 0 saturated carbocycles. The fourth-order valence-electron chi connectivity index (χ4n) is 0.831. The van der Waals surface area contributed by atoms with Crippen molar-refractivity contribution in [3.63, 3.8) is 0 Å². The highest BCUT2D eigenvalue weighted by Crippen LogP contribution is 2.09. The minimum absolute atomic E-state index is 0.935. The number of nitrogens with zero attached hydrogens (tertiary/aromatic N) is 2. The molecule has 0 aliphatic carbocycles. The Labute approximate surface area is 59.1 Å². The molecule has 1 radical (unpaired) electrons. The zero-order valence-electron chi connectivity index (χ0n) is 5.28. The van der Waals surface area contributed by atoms with Crippen molar-refractivity contribution in [1.82, 2.24) is 10.2 Å². The number of hydrogen-bond acceptors (Lipinski definition) is 3. The molecule has 0 atom stereocenters. The maximum absolute atomic E-state index is 3.94. The second-order valence-corrected chi connectivity index (χ2v) is 1.95. The predicted molar refractivity (Wildman–Crippen MR) is 38.5 cm³/mol. The Kier molecular flexibility index (Phi) is 1.07. The van der Waals surface area contributed by atoms with Gasteiger partial charge >= 0.3 is 0 Å². The summed E-state index contributed by atoms with van der Waals surface area (Å²) < 4.78 is 0. The second kappa shape index (κ2) is 2.02. The van der Waals surface area contributed by atoms with E-state index in [1.165, 1.54) is 0 Å². The first-order chi connectivity index (χ1) is 4.97. The van der Waals surface area contributed by atoms with Crippen LogP contribution in [0.5, 0.6) is 0 Å². The number of rotatable bonds is 0. The Morgan fingerprint density at radius 2 is 2.50 bits per heavy atom. The van der Waals surface area contributed by atoms with Crippen molar-refractivity contribution >= 4 is 6.21 Å². The van der Waals surface area contributed by atoms with E-state index in [0.717, 1.165) is 5.70 Å². The lowest BCUT2D eigenvalue weighted by molar-refractivity contribution is 0.626. The molecule has 0 bridgehead atoms. The summed E-state index contributed by atoms with van der Waals surface area (Å²) in [6, 6.07) is 0. The molecular weight excluding hydrogens is 126 g/mol. The Morgan fingerprint density at radius 3 is 3.40 bits per heavy atom. The first-order valence-electron chi connectivity index (χ1n) is 3.00. The molecule has 0 saturated heterocycles. The molecular formula is C7H6N3. The molecule has 2 rings (SSSR count). The first-order valence-corrected chi connectivity index (χ1v) is 3.00. The quantitative estimate of drug-likeness (QED) is 0.521. The molecule has 0 aromatic rings. The highest BCUT2D eigenvalue weighted by atomic mass is 15.2. The minimum atomic E-state index is 0.935. The molecule has 0 aromatic heterocycles. The van der Waals surface area contributed by atoms with Gasteiger partial charge in [0, 0.05) is 24.8 Å². The third-order valence-corrected chi connectivity index (χ3v) is 1.31. The smallest absolute Gasteiger partial charge is 0.0902 e. The van der Waals surface area contributed by atoms with Crippen molar-refractivity contribution in [3.8, 4) is 0 Å². The first kappa shape index (κ1) is 5.29. The SMILES string of the molecule is [C]1=C2C=NC=CN2C=CN1. The summed E-state index contributed by atoms with van der Waals surface area (Å²) in [6.45, 7) is 0. The lowest BCUT2D eigenvalue weighted by Crippen LogP contribution is -2.20. The summed E-state index contributed by atoms with van der Waals surface area (Å²) >= 11 is 0. The van der Waals surface area contributed by atoms with Crippen LogP contribution in [-0.4, -0.2) is 11.1 Å². The lowest BCUT2D eigenvalue weighted by Gasteiger charge is -2.20. The zero-order chi connectivity index (χ0) is 6.81. The fraction of sp³-hybridized carbons (Fsp3) is 0. The third-order valence-electron chi connectivity index (χ3n) is 1.31. The number of fused-ring (bicyclic) bond motifs is 1. The topological polar surface area (TPSA) is 27.6 Å². The van der Waals surface area contributed by atoms with Crippen LogP contribution in [-0.2, 0) is 0 Å². The maximum Gasteiger partial charge on any atom is 0.0902 e. The van der Waals surface area contributed by atoms with Crippen LogP contribution in [0.3, 0.4) is 0 Å². The van der Waals surface area contributed by atoms with Crippen LogP contribution in [0, 0.1) is 6.20 Å². The van der Waals surface area contributed by atoms with Gasteiger partial charge in [-0.2, -0.15) is 0 Å². The minimum Gasteiger partial charge on any atom is -0.357 e. The zero-order valence-corrected chi connectivity index (χ0v) is 5.28. The van der Waals surface area contributed by atoms with Gasteiger partial charge in [-0.25, -0.2) is 0 Å². The Balaban J connectivity index is 2.33. The molecule has 0 fully saturated rings. The summed E-state index contributed by atoms with van der Waals surface area (Å²) in [4.78, 5) is 5.87. The van der Waals surface area contributed by atoms with Gasteiger partial charge in [0.1, 0.15) is 0 Å². The summed E-state index contributed by atoms with van der Waals surface area (Å²) in [5, 5.41) is 2.85. The van der Waals surface area contributed by atoms with Crippen LogP contribution in [0.1, 0.15) is 0 Å².